The molecule has 0 bridgehead atoms. The summed E-state index contributed by atoms with van der Waals surface area (Å²) in [5.74, 6) is 0.381. The molecule has 0 aromatic heterocycles. The van der Waals surface area contributed by atoms with Gasteiger partial charge in [0.1, 0.15) is 5.82 Å². The summed E-state index contributed by atoms with van der Waals surface area (Å²) >= 11 is 1.51. The molecule has 1 aromatic carbocycles. The van der Waals surface area contributed by atoms with Crippen LogP contribution >= 0.6 is 11.8 Å². The van der Waals surface area contributed by atoms with E-state index in [2.05, 4.69) is 0 Å². The molecule has 2 fully saturated rings. The van der Waals surface area contributed by atoms with E-state index in [4.69, 9.17) is 0 Å². The molecule has 1 atom stereocenters. The largest absolute Gasteiger partial charge is 0.341 e. The zero-order valence-corrected chi connectivity index (χ0v) is 14.8. The van der Waals surface area contributed by atoms with E-state index in [0.29, 0.717) is 37.5 Å². The first-order valence-corrected chi connectivity index (χ1v) is 9.75. The Kier molecular flexibility index (Phi) is 5.13. The molecule has 0 radical (unpaired) electrons. The highest BCUT2D eigenvalue weighted by atomic mass is 32.2. The standard InChI is InChI=1S/C18H23FN2O2S/c1-24-12-16(22)21-10-8-18(13-21)7-4-9-20(17(18)23)11-14-5-2-3-6-15(14)19/h2-3,5-6H,4,7-13H2,1H3. The Morgan fingerprint density at radius 2 is 2.08 bits per heavy atom. The summed E-state index contributed by atoms with van der Waals surface area (Å²) in [7, 11) is 0. The fourth-order valence-electron chi connectivity index (χ4n) is 3.81. The van der Waals surface area contributed by atoms with Crippen molar-refractivity contribution < 1.29 is 14.0 Å². The molecular weight excluding hydrogens is 327 g/mol. The van der Waals surface area contributed by atoms with Gasteiger partial charge in [0, 0.05) is 31.7 Å². The van der Waals surface area contributed by atoms with Crippen molar-refractivity contribution in [3.63, 3.8) is 0 Å². The second-order valence-corrected chi connectivity index (χ2v) is 7.57. The highest BCUT2D eigenvalue weighted by Gasteiger charge is 2.49. The fourth-order valence-corrected chi connectivity index (χ4v) is 4.24. The van der Waals surface area contributed by atoms with E-state index >= 15 is 0 Å². The number of rotatable bonds is 4. The van der Waals surface area contributed by atoms with Crippen molar-refractivity contribution in [2.45, 2.75) is 25.8 Å². The Labute approximate surface area is 146 Å². The number of hydrogen-bond donors (Lipinski definition) is 0. The average molecular weight is 350 g/mol. The minimum atomic E-state index is -0.461. The van der Waals surface area contributed by atoms with Gasteiger partial charge >= 0.3 is 0 Å². The number of carbonyl (C=O) groups excluding carboxylic acids is 2. The van der Waals surface area contributed by atoms with E-state index in [1.807, 2.05) is 11.2 Å². The van der Waals surface area contributed by atoms with Crippen LogP contribution in [-0.4, -0.2) is 53.3 Å². The Balaban J connectivity index is 1.71. The average Bonchev–Trinajstić information content (AvgIpc) is 3.00. The third-order valence-corrected chi connectivity index (χ3v) is 5.65. The summed E-state index contributed by atoms with van der Waals surface area (Å²) in [6.45, 7) is 2.14. The lowest BCUT2D eigenvalue weighted by atomic mass is 9.78. The Bertz CT molecular complexity index is 639. The van der Waals surface area contributed by atoms with Gasteiger partial charge in [-0.2, -0.15) is 11.8 Å². The Hall–Kier alpha value is -1.56. The Morgan fingerprint density at radius 1 is 1.29 bits per heavy atom. The second-order valence-electron chi connectivity index (χ2n) is 6.70. The molecule has 1 aromatic rings. The summed E-state index contributed by atoms with van der Waals surface area (Å²) in [6.07, 6.45) is 4.36. The first kappa shape index (κ1) is 17.3. The number of halogens is 1. The normalized spacial score (nSPS) is 24.0. The van der Waals surface area contributed by atoms with Gasteiger partial charge in [-0.25, -0.2) is 4.39 Å². The molecule has 2 aliphatic rings. The van der Waals surface area contributed by atoms with Crippen molar-refractivity contribution in [3.05, 3.63) is 35.6 Å². The van der Waals surface area contributed by atoms with Crippen molar-refractivity contribution in [2.75, 3.05) is 31.6 Å². The molecular formula is C18H23FN2O2S. The summed E-state index contributed by atoms with van der Waals surface area (Å²) < 4.78 is 13.9. The number of likely N-dealkylation sites (tertiary alicyclic amines) is 2. The molecule has 4 nitrogen and oxygen atoms in total. The monoisotopic (exact) mass is 350 g/mol. The van der Waals surface area contributed by atoms with E-state index in [1.54, 1.807) is 23.1 Å². The van der Waals surface area contributed by atoms with Gasteiger partial charge in [-0.1, -0.05) is 18.2 Å². The molecule has 24 heavy (non-hydrogen) atoms. The highest BCUT2D eigenvalue weighted by Crippen LogP contribution is 2.40. The lowest BCUT2D eigenvalue weighted by Crippen LogP contribution is -2.50. The van der Waals surface area contributed by atoms with Crippen LogP contribution in [0.4, 0.5) is 4.39 Å². The number of thioether (sulfide) groups is 1. The maximum atomic E-state index is 13.9. The minimum absolute atomic E-state index is 0.0801. The van der Waals surface area contributed by atoms with Gasteiger partial charge in [0.05, 0.1) is 11.2 Å². The lowest BCUT2D eigenvalue weighted by molar-refractivity contribution is -0.146. The quantitative estimate of drug-likeness (QED) is 0.838. The van der Waals surface area contributed by atoms with E-state index < -0.39 is 5.41 Å². The molecule has 0 saturated carbocycles. The van der Waals surface area contributed by atoms with Crippen LogP contribution < -0.4 is 0 Å². The van der Waals surface area contributed by atoms with Crippen LogP contribution in [0.15, 0.2) is 24.3 Å². The molecule has 0 aliphatic carbocycles. The lowest BCUT2D eigenvalue weighted by Gasteiger charge is -2.39. The third kappa shape index (κ3) is 3.29. The van der Waals surface area contributed by atoms with Crippen LogP contribution in [0.25, 0.3) is 0 Å². The molecule has 1 unspecified atom stereocenters. The van der Waals surface area contributed by atoms with E-state index in [0.717, 1.165) is 19.3 Å². The van der Waals surface area contributed by atoms with Crippen LogP contribution in [-0.2, 0) is 16.1 Å². The molecule has 2 heterocycles. The van der Waals surface area contributed by atoms with Gasteiger partial charge < -0.3 is 9.80 Å². The zero-order chi connectivity index (χ0) is 17.2. The van der Waals surface area contributed by atoms with Crippen LogP contribution in [0.5, 0.6) is 0 Å². The molecule has 6 heteroatoms. The van der Waals surface area contributed by atoms with Crippen molar-refractivity contribution in [3.8, 4) is 0 Å². The first-order chi connectivity index (χ1) is 11.6. The summed E-state index contributed by atoms with van der Waals surface area (Å²) in [6, 6.07) is 6.61. The number of carbonyl (C=O) groups is 2. The molecule has 0 N–H and O–H groups in total. The third-order valence-electron chi connectivity index (χ3n) is 5.12. The van der Waals surface area contributed by atoms with Crippen LogP contribution in [0, 0.1) is 11.2 Å². The van der Waals surface area contributed by atoms with Crippen LogP contribution in [0.1, 0.15) is 24.8 Å². The van der Waals surface area contributed by atoms with Crippen molar-refractivity contribution >= 4 is 23.6 Å². The minimum Gasteiger partial charge on any atom is -0.341 e. The van der Waals surface area contributed by atoms with Gasteiger partial charge in [-0.3, -0.25) is 9.59 Å². The number of benzene rings is 1. The number of piperidine rings is 1. The van der Waals surface area contributed by atoms with E-state index in [9.17, 15) is 14.0 Å². The van der Waals surface area contributed by atoms with E-state index in [1.165, 1.54) is 17.8 Å². The molecule has 130 valence electrons. The summed E-state index contributed by atoms with van der Waals surface area (Å²) in [5, 5.41) is 0. The number of hydrogen-bond acceptors (Lipinski definition) is 3. The van der Waals surface area contributed by atoms with Crippen LogP contribution in [0.2, 0.25) is 0 Å². The summed E-state index contributed by atoms with van der Waals surface area (Å²) in [5.41, 5.74) is 0.0913. The summed E-state index contributed by atoms with van der Waals surface area (Å²) in [4.78, 5) is 28.8. The topological polar surface area (TPSA) is 40.6 Å². The van der Waals surface area contributed by atoms with Gasteiger partial charge in [0.25, 0.3) is 0 Å². The second kappa shape index (κ2) is 7.13. The SMILES string of the molecule is CSCC(=O)N1CCC2(CCCN(Cc3ccccc3F)C2=O)C1. The maximum absolute atomic E-state index is 13.9. The predicted octanol–water partition coefficient (Wildman–Crippen LogP) is 2.53. The molecule has 1 spiro atoms. The van der Waals surface area contributed by atoms with Crippen molar-refractivity contribution in [2.24, 2.45) is 5.41 Å². The highest BCUT2D eigenvalue weighted by molar-refractivity contribution is 7.99. The van der Waals surface area contributed by atoms with Crippen LogP contribution in [0.3, 0.4) is 0 Å². The number of amides is 2. The van der Waals surface area contributed by atoms with Gasteiger partial charge in [-0.05, 0) is 31.6 Å². The predicted molar refractivity (Wildman–Crippen MR) is 93.1 cm³/mol. The van der Waals surface area contributed by atoms with Gasteiger partial charge in [0.15, 0.2) is 0 Å². The molecule has 3 rings (SSSR count). The van der Waals surface area contributed by atoms with Crippen molar-refractivity contribution in [1.29, 1.82) is 0 Å². The Morgan fingerprint density at radius 3 is 2.83 bits per heavy atom. The number of nitrogens with zero attached hydrogens (tertiary/aromatic N) is 2. The zero-order valence-electron chi connectivity index (χ0n) is 14.0. The van der Waals surface area contributed by atoms with Gasteiger partial charge in [-0.15, -0.1) is 0 Å². The van der Waals surface area contributed by atoms with E-state index in [-0.39, 0.29) is 17.6 Å². The smallest absolute Gasteiger partial charge is 0.232 e. The molecule has 2 amide bonds. The van der Waals surface area contributed by atoms with Gasteiger partial charge in [0.2, 0.25) is 11.8 Å². The first-order valence-electron chi connectivity index (χ1n) is 8.35. The maximum Gasteiger partial charge on any atom is 0.232 e. The molecule has 2 aliphatic heterocycles. The van der Waals surface area contributed by atoms with Crippen molar-refractivity contribution in [1.82, 2.24) is 9.80 Å². The fraction of sp³-hybridized carbons (Fsp3) is 0.556. The molecule has 2 saturated heterocycles.